The zero-order chi connectivity index (χ0) is 11.8. The van der Waals surface area contributed by atoms with Crippen LogP contribution >= 0.6 is 12.2 Å². The topological polar surface area (TPSA) is 58.6 Å². The Morgan fingerprint density at radius 3 is 2.69 bits per heavy atom. The molecule has 2 N–H and O–H groups in total. The minimum Gasteiger partial charge on any atom is -0.481 e. The summed E-state index contributed by atoms with van der Waals surface area (Å²) < 4.78 is 5.24. The quantitative estimate of drug-likeness (QED) is 0.763. The van der Waals surface area contributed by atoms with Gasteiger partial charge in [0, 0.05) is 6.54 Å². The highest BCUT2D eigenvalue weighted by atomic mass is 32.1. The van der Waals surface area contributed by atoms with E-state index in [9.17, 15) is 4.79 Å². The van der Waals surface area contributed by atoms with Gasteiger partial charge < -0.3 is 15.2 Å². The molecule has 0 saturated heterocycles. The van der Waals surface area contributed by atoms with E-state index in [2.05, 4.69) is 5.32 Å². The minimum atomic E-state index is -0.863. The molecule has 1 aromatic rings. The first-order valence-electron chi connectivity index (χ1n) is 4.85. The van der Waals surface area contributed by atoms with Gasteiger partial charge in [-0.05, 0) is 17.8 Å². The number of nitrogens with one attached hydrogen (secondary N) is 1. The van der Waals surface area contributed by atoms with E-state index in [4.69, 9.17) is 22.1 Å². The van der Waals surface area contributed by atoms with Gasteiger partial charge in [-0.25, -0.2) is 0 Å². The molecule has 0 unspecified atom stereocenters. The second-order valence-corrected chi connectivity index (χ2v) is 3.50. The highest BCUT2D eigenvalue weighted by molar-refractivity contribution is 7.80. The minimum absolute atomic E-state index is 0.0227. The lowest BCUT2D eigenvalue weighted by Gasteiger charge is -2.08. The Morgan fingerprint density at radius 1 is 1.38 bits per heavy atom. The van der Waals surface area contributed by atoms with E-state index in [0.717, 1.165) is 5.56 Å². The van der Waals surface area contributed by atoms with Crippen LogP contribution in [0, 0.1) is 0 Å². The fraction of sp³-hybridized carbons (Fsp3) is 0.273. The Balaban J connectivity index is 2.18. The number of rotatable bonds is 5. The summed E-state index contributed by atoms with van der Waals surface area (Å²) in [6.07, 6.45) is 0.0227. The molecule has 0 aromatic heterocycles. The molecule has 0 aliphatic heterocycles. The normalized spacial score (nSPS) is 9.50. The van der Waals surface area contributed by atoms with Gasteiger partial charge in [0.15, 0.2) is 0 Å². The molecule has 1 aromatic carbocycles. The number of benzene rings is 1. The van der Waals surface area contributed by atoms with Crippen LogP contribution in [0.4, 0.5) is 0 Å². The molecule has 0 saturated carbocycles. The Labute approximate surface area is 99.2 Å². The van der Waals surface area contributed by atoms with Gasteiger partial charge >= 0.3 is 5.97 Å². The predicted molar refractivity (Wildman–Crippen MR) is 64.1 cm³/mol. The number of carbonyl (C=O) groups is 1. The maximum atomic E-state index is 10.2. The lowest BCUT2D eigenvalue weighted by molar-refractivity contribution is -0.136. The van der Waals surface area contributed by atoms with Crippen LogP contribution < -0.4 is 5.32 Å². The SMILES string of the molecule is O=C(O)CCNC(=S)OCc1ccccc1. The van der Waals surface area contributed by atoms with Crippen LogP contribution in [0.15, 0.2) is 30.3 Å². The summed E-state index contributed by atoms with van der Waals surface area (Å²) in [6, 6.07) is 9.62. The van der Waals surface area contributed by atoms with Crippen molar-refractivity contribution in [3.63, 3.8) is 0 Å². The Kier molecular flexibility index (Phi) is 5.28. The molecule has 0 spiro atoms. The molecule has 86 valence electrons. The molecule has 4 nitrogen and oxygen atoms in total. The molecule has 16 heavy (non-hydrogen) atoms. The van der Waals surface area contributed by atoms with Crippen molar-refractivity contribution < 1.29 is 14.6 Å². The van der Waals surface area contributed by atoms with Crippen molar-refractivity contribution in [2.75, 3.05) is 6.54 Å². The number of carboxylic acids is 1. The average Bonchev–Trinajstić information content (AvgIpc) is 2.27. The molecule has 0 atom stereocenters. The molecule has 0 radical (unpaired) electrons. The van der Waals surface area contributed by atoms with Crippen molar-refractivity contribution in [3.05, 3.63) is 35.9 Å². The first-order chi connectivity index (χ1) is 7.68. The average molecular weight is 239 g/mol. The zero-order valence-corrected chi connectivity index (χ0v) is 9.50. The van der Waals surface area contributed by atoms with Crippen LogP contribution in [0.5, 0.6) is 0 Å². The van der Waals surface area contributed by atoms with E-state index in [1.54, 1.807) is 0 Å². The van der Waals surface area contributed by atoms with E-state index in [-0.39, 0.29) is 18.1 Å². The molecule has 0 amide bonds. The molecule has 0 aliphatic carbocycles. The number of hydrogen-bond donors (Lipinski definition) is 2. The summed E-state index contributed by atoms with van der Waals surface area (Å²) in [5, 5.41) is 11.3. The third-order valence-corrected chi connectivity index (χ3v) is 2.08. The summed E-state index contributed by atoms with van der Waals surface area (Å²) in [4.78, 5) is 10.2. The van der Waals surface area contributed by atoms with E-state index in [1.807, 2.05) is 30.3 Å². The van der Waals surface area contributed by atoms with Crippen LogP contribution in [0.3, 0.4) is 0 Å². The summed E-state index contributed by atoms with van der Waals surface area (Å²) >= 11 is 4.88. The smallest absolute Gasteiger partial charge is 0.305 e. The lowest BCUT2D eigenvalue weighted by Crippen LogP contribution is -2.26. The maximum absolute atomic E-state index is 10.2. The van der Waals surface area contributed by atoms with Crippen molar-refractivity contribution in [1.82, 2.24) is 5.32 Å². The molecule has 0 fully saturated rings. The van der Waals surface area contributed by atoms with Crippen molar-refractivity contribution in [2.45, 2.75) is 13.0 Å². The van der Waals surface area contributed by atoms with Gasteiger partial charge in [-0.1, -0.05) is 30.3 Å². The first kappa shape index (κ1) is 12.4. The second kappa shape index (κ2) is 6.79. The van der Waals surface area contributed by atoms with Crippen molar-refractivity contribution >= 4 is 23.4 Å². The van der Waals surface area contributed by atoms with Gasteiger partial charge in [-0.2, -0.15) is 0 Å². The summed E-state index contributed by atoms with van der Waals surface area (Å²) in [5.74, 6) is -0.863. The van der Waals surface area contributed by atoms with Crippen LogP contribution in [0.1, 0.15) is 12.0 Å². The van der Waals surface area contributed by atoms with Gasteiger partial charge in [0.1, 0.15) is 6.61 Å². The van der Waals surface area contributed by atoms with E-state index < -0.39 is 5.97 Å². The highest BCUT2D eigenvalue weighted by Crippen LogP contribution is 2.00. The van der Waals surface area contributed by atoms with Gasteiger partial charge in [0.2, 0.25) is 0 Å². The van der Waals surface area contributed by atoms with Crippen LogP contribution in [0.2, 0.25) is 0 Å². The predicted octanol–water partition coefficient (Wildman–Crippen LogP) is 1.55. The van der Waals surface area contributed by atoms with Gasteiger partial charge in [0.05, 0.1) is 6.42 Å². The first-order valence-corrected chi connectivity index (χ1v) is 5.25. The third-order valence-electron chi connectivity index (χ3n) is 1.82. The fourth-order valence-corrected chi connectivity index (χ4v) is 1.21. The third kappa shape index (κ3) is 5.31. The zero-order valence-electron chi connectivity index (χ0n) is 8.68. The number of thiocarbonyl (C=S) groups is 1. The van der Waals surface area contributed by atoms with E-state index in [0.29, 0.717) is 6.61 Å². The number of hydrogen-bond acceptors (Lipinski definition) is 3. The highest BCUT2D eigenvalue weighted by Gasteiger charge is 2.00. The Bertz CT molecular complexity index is 354. The van der Waals surface area contributed by atoms with Gasteiger partial charge in [-0.15, -0.1) is 0 Å². The monoisotopic (exact) mass is 239 g/mol. The van der Waals surface area contributed by atoms with Crippen molar-refractivity contribution in [3.8, 4) is 0 Å². The number of carboxylic acid groups (broad SMARTS) is 1. The fourth-order valence-electron chi connectivity index (χ4n) is 1.05. The van der Waals surface area contributed by atoms with Crippen LogP contribution in [-0.2, 0) is 16.1 Å². The molecule has 1 rings (SSSR count). The second-order valence-electron chi connectivity index (χ2n) is 3.13. The standard InChI is InChI=1S/C11H13NO3S/c13-10(14)6-7-12-11(16)15-8-9-4-2-1-3-5-9/h1-5H,6-8H2,(H,12,16)(H,13,14). The Hall–Kier alpha value is -1.62. The van der Waals surface area contributed by atoms with Gasteiger partial charge in [0.25, 0.3) is 5.17 Å². The molecular weight excluding hydrogens is 226 g/mol. The summed E-state index contributed by atoms with van der Waals surface area (Å²) in [6.45, 7) is 0.669. The van der Waals surface area contributed by atoms with E-state index in [1.165, 1.54) is 0 Å². The maximum Gasteiger partial charge on any atom is 0.305 e. The van der Waals surface area contributed by atoms with Crippen molar-refractivity contribution in [1.29, 1.82) is 0 Å². The summed E-state index contributed by atoms with van der Waals surface area (Å²) in [5.41, 5.74) is 1.02. The van der Waals surface area contributed by atoms with Crippen molar-refractivity contribution in [2.24, 2.45) is 0 Å². The molecule has 5 heteroatoms. The lowest BCUT2D eigenvalue weighted by atomic mass is 10.2. The van der Waals surface area contributed by atoms with Gasteiger partial charge in [-0.3, -0.25) is 4.79 Å². The molecular formula is C11H13NO3S. The number of ether oxygens (including phenoxy) is 1. The Morgan fingerprint density at radius 2 is 2.06 bits per heavy atom. The van der Waals surface area contributed by atoms with Crippen LogP contribution in [-0.4, -0.2) is 22.8 Å². The largest absolute Gasteiger partial charge is 0.481 e. The van der Waals surface area contributed by atoms with Crippen LogP contribution in [0.25, 0.3) is 0 Å². The molecule has 0 aliphatic rings. The molecule has 0 heterocycles. The molecule has 0 bridgehead atoms. The number of aliphatic carboxylic acids is 1. The summed E-state index contributed by atoms with van der Waals surface area (Å²) in [7, 11) is 0. The van der Waals surface area contributed by atoms with E-state index >= 15 is 0 Å².